The zero-order chi connectivity index (χ0) is 22.4. The topological polar surface area (TPSA) is 21.7 Å². The van der Waals surface area contributed by atoms with Crippen molar-refractivity contribution >= 4 is 11.8 Å². The van der Waals surface area contributed by atoms with E-state index in [-0.39, 0.29) is 24.4 Å². The second-order valence-corrected chi connectivity index (χ2v) is 9.82. The highest BCUT2D eigenvalue weighted by Crippen LogP contribution is 2.43. The van der Waals surface area contributed by atoms with E-state index in [9.17, 15) is 0 Å². The fraction of sp³-hybridized carbons (Fsp3) is 0.448. The largest absolute Gasteiger partial charge is 0.469 e. The van der Waals surface area contributed by atoms with Crippen LogP contribution in [0, 0.1) is 19.8 Å². The normalized spacial score (nSPS) is 26.4. The summed E-state index contributed by atoms with van der Waals surface area (Å²) in [5.41, 5.74) is 9.67. The number of hydrogen-bond donors (Lipinski definition) is 0. The van der Waals surface area contributed by atoms with Crippen molar-refractivity contribution in [2.75, 3.05) is 11.4 Å². The van der Waals surface area contributed by atoms with Crippen molar-refractivity contribution in [1.82, 2.24) is 0 Å². The Morgan fingerprint density at radius 3 is 2.72 bits per heavy atom. The van der Waals surface area contributed by atoms with E-state index in [1.54, 1.807) is 0 Å². The number of ether oxygens (including phenoxy) is 2. The first-order valence-corrected chi connectivity index (χ1v) is 12.1. The summed E-state index contributed by atoms with van der Waals surface area (Å²) in [5.74, 6) is 1.22. The molecular weight excluding hydrogens is 394 g/mol. The minimum atomic E-state index is -0.226. The molecule has 0 saturated carbocycles. The van der Waals surface area contributed by atoms with Crippen molar-refractivity contribution in [3.05, 3.63) is 81.6 Å². The highest BCUT2D eigenvalue weighted by Gasteiger charge is 2.38. The minimum absolute atomic E-state index is 0.0797. The molecule has 5 rings (SSSR count). The number of anilines is 1. The molecule has 4 atom stereocenters. The lowest BCUT2D eigenvalue weighted by Gasteiger charge is -2.39. The molecule has 3 aliphatic rings. The van der Waals surface area contributed by atoms with Crippen molar-refractivity contribution in [1.29, 1.82) is 0 Å². The quantitative estimate of drug-likeness (QED) is 0.544. The Kier molecular flexibility index (Phi) is 5.63. The van der Waals surface area contributed by atoms with Crippen LogP contribution in [0.1, 0.15) is 66.6 Å². The molecule has 0 radical (unpaired) electrons. The van der Waals surface area contributed by atoms with E-state index in [1.807, 2.05) is 6.92 Å². The highest BCUT2D eigenvalue weighted by molar-refractivity contribution is 5.74. The smallest absolute Gasteiger partial charge is 0.204 e. The number of aryl methyl sites for hydroxylation is 3. The maximum Gasteiger partial charge on any atom is 0.204 e. The third kappa shape index (κ3) is 3.88. The summed E-state index contributed by atoms with van der Waals surface area (Å²) < 4.78 is 12.6. The molecule has 3 nitrogen and oxygen atoms in total. The average Bonchev–Trinajstić information content (AvgIpc) is 2.91. The molecule has 3 heterocycles. The van der Waals surface area contributed by atoms with Crippen LogP contribution in [-0.2, 0) is 22.3 Å². The summed E-state index contributed by atoms with van der Waals surface area (Å²) in [4.78, 5) is 2.61. The minimum Gasteiger partial charge on any atom is -0.469 e. The van der Waals surface area contributed by atoms with Crippen LogP contribution in [-0.4, -0.2) is 18.9 Å². The molecule has 3 unspecified atom stereocenters. The van der Waals surface area contributed by atoms with E-state index in [2.05, 4.69) is 81.2 Å². The van der Waals surface area contributed by atoms with Gasteiger partial charge in [-0.05, 0) is 80.5 Å². The molecular formula is C29H35NO2. The Bertz CT molecular complexity index is 1080. The van der Waals surface area contributed by atoms with Gasteiger partial charge < -0.3 is 14.4 Å². The third-order valence-electron chi connectivity index (χ3n) is 7.11. The second-order valence-electron chi connectivity index (χ2n) is 9.82. The van der Waals surface area contributed by atoms with Crippen LogP contribution in [0.15, 0.2) is 48.2 Å². The molecule has 2 aromatic carbocycles. The van der Waals surface area contributed by atoms with E-state index in [1.165, 1.54) is 39.1 Å². The van der Waals surface area contributed by atoms with E-state index in [0.717, 1.165) is 31.6 Å². The number of fused-ring (bicyclic) bond motifs is 5. The lowest BCUT2D eigenvalue weighted by atomic mass is 9.88. The van der Waals surface area contributed by atoms with Gasteiger partial charge in [0.1, 0.15) is 0 Å². The summed E-state index contributed by atoms with van der Waals surface area (Å²) in [6, 6.07) is 11.9. The van der Waals surface area contributed by atoms with Gasteiger partial charge in [-0.15, -0.1) is 0 Å². The van der Waals surface area contributed by atoms with Gasteiger partial charge in [0.25, 0.3) is 0 Å². The van der Waals surface area contributed by atoms with Crippen LogP contribution in [0.25, 0.3) is 6.08 Å². The Morgan fingerprint density at radius 1 is 1.09 bits per heavy atom. The third-order valence-corrected chi connectivity index (χ3v) is 7.11. The van der Waals surface area contributed by atoms with E-state index in [0.29, 0.717) is 0 Å². The van der Waals surface area contributed by atoms with Gasteiger partial charge in [0.15, 0.2) is 0 Å². The van der Waals surface area contributed by atoms with Gasteiger partial charge in [-0.3, -0.25) is 0 Å². The molecule has 0 saturated heterocycles. The van der Waals surface area contributed by atoms with Crippen molar-refractivity contribution in [2.45, 2.75) is 72.3 Å². The summed E-state index contributed by atoms with van der Waals surface area (Å²) in [5, 5.41) is 0. The molecule has 0 N–H and O–H groups in total. The van der Waals surface area contributed by atoms with Gasteiger partial charge in [0.2, 0.25) is 6.29 Å². The average molecular weight is 430 g/mol. The Labute approximate surface area is 192 Å². The predicted molar refractivity (Wildman–Crippen MR) is 132 cm³/mol. The Balaban J connectivity index is 1.62. The van der Waals surface area contributed by atoms with Crippen LogP contribution in [0.2, 0.25) is 0 Å². The molecule has 0 aromatic heterocycles. The van der Waals surface area contributed by atoms with Crippen LogP contribution in [0.4, 0.5) is 5.69 Å². The number of benzene rings is 2. The zero-order valence-electron chi connectivity index (χ0n) is 20.0. The number of allylic oxidation sites excluding steroid dienone is 1. The van der Waals surface area contributed by atoms with Crippen molar-refractivity contribution < 1.29 is 9.47 Å². The molecule has 0 spiro atoms. The van der Waals surface area contributed by atoms with Crippen molar-refractivity contribution in [3.8, 4) is 0 Å². The fourth-order valence-corrected chi connectivity index (χ4v) is 5.73. The summed E-state index contributed by atoms with van der Waals surface area (Å²) in [7, 11) is 0. The first kappa shape index (κ1) is 21.3. The molecule has 0 amide bonds. The van der Waals surface area contributed by atoms with Crippen molar-refractivity contribution in [2.24, 2.45) is 5.92 Å². The molecule has 2 aromatic rings. The molecule has 168 valence electrons. The maximum absolute atomic E-state index is 6.32. The highest BCUT2D eigenvalue weighted by atomic mass is 16.7. The van der Waals surface area contributed by atoms with Gasteiger partial charge in [-0.2, -0.15) is 0 Å². The van der Waals surface area contributed by atoms with Crippen LogP contribution in [0.3, 0.4) is 0 Å². The SMILES string of the molecule is CCCc1ccc2c(c1)N1CC([C@@H]3OC(C)=CC(C)O3)Cc3c(C)cc(C)cc3C1C=C2. The standard InChI is InChI=1S/C29H35NO2/c1-6-7-22-8-9-23-10-11-27-26-13-18(2)12-19(3)25(26)16-24(17-30(27)28(23)15-22)29-31-20(4)14-21(5)32-29/h8-15,20,24,27,29H,6-7,16-17H2,1-5H3/t20?,24?,27?,29-/m0/s1. The summed E-state index contributed by atoms with van der Waals surface area (Å²) >= 11 is 0. The van der Waals surface area contributed by atoms with Crippen molar-refractivity contribution in [3.63, 3.8) is 0 Å². The second kappa shape index (κ2) is 8.44. The van der Waals surface area contributed by atoms with Crippen LogP contribution < -0.4 is 4.90 Å². The fourth-order valence-electron chi connectivity index (χ4n) is 5.73. The van der Waals surface area contributed by atoms with Crippen LogP contribution >= 0.6 is 0 Å². The number of rotatable bonds is 3. The molecule has 0 bridgehead atoms. The zero-order valence-corrected chi connectivity index (χ0v) is 20.0. The summed E-state index contributed by atoms with van der Waals surface area (Å²) in [6.45, 7) is 11.8. The van der Waals surface area contributed by atoms with E-state index in [4.69, 9.17) is 9.47 Å². The lowest BCUT2D eigenvalue weighted by molar-refractivity contribution is -0.176. The Hall–Kier alpha value is -2.52. The summed E-state index contributed by atoms with van der Waals surface area (Å²) in [6.07, 6.45) is 9.87. The number of nitrogens with zero attached hydrogens (tertiary/aromatic N) is 1. The molecule has 32 heavy (non-hydrogen) atoms. The van der Waals surface area contributed by atoms with E-state index < -0.39 is 0 Å². The van der Waals surface area contributed by atoms with Gasteiger partial charge in [0.05, 0.1) is 17.9 Å². The lowest BCUT2D eigenvalue weighted by Crippen LogP contribution is -2.41. The van der Waals surface area contributed by atoms with Crippen LogP contribution in [0.5, 0.6) is 0 Å². The molecule has 0 aliphatic carbocycles. The van der Waals surface area contributed by atoms with E-state index >= 15 is 0 Å². The van der Waals surface area contributed by atoms with Gasteiger partial charge in [0, 0.05) is 18.2 Å². The predicted octanol–water partition coefficient (Wildman–Crippen LogP) is 6.67. The monoisotopic (exact) mass is 429 g/mol. The van der Waals surface area contributed by atoms with Gasteiger partial charge in [-0.1, -0.05) is 55.3 Å². The maximum atomic E-state index is 6.32. The van der Waals surface area contributed by atoms with Gasteiger partial charge in [-0.25, -0.2) is 0 Å². The first-order valence-electron chi connectivity index (χ1n) is 12.1. The first-order chi connectivity index (χ1) is 15.4. The Morgan fingerprint density at radius 2 is 1.94 bits per heavy atom. The molecule has 0 fully saturated rings. The van der Waals surface area contributed by atoms with Gasteiger partial charge >= 0.3 is 0 Å². The molecule has 3 aliphatic heterocycles. The number of hydrogen-bond acceptors (Lipinski definition) is 3. The molecule has 3 heteroatoms.